The number of pyridine rings is 1. The molecule has 0 spiro atoms. The Balaban J connectivity index is 1.18. The van der Waals surface area contributed by atoms with Crippen molar-refractivity contribution in [3.05, 3.63) is 119 Å². The Hall–Kier alpha value is -5.00. The van der Waals surface area contributed by atoms with Crippen molar-refractivity contribution in [1.29, 1.82) is 5.26 Å². The highest BCUT2D eigenvalue weighted by Crippen LogP contribution is 2.28. The maximum atomic E-state index is 13.2. The Morgan fingerprint density at radius 1 is 1.00 bits per heavy atom. The van der Waals surface area contributed by atoms with Crippen molar-refractivity contribution < 1.29 is 14.7 Å². The van der Waals surface area contributed by atoms with Gasteiger partial charge in [-0.15, -0.1) is 0 Å². The number of carbonyl (C=O) groups excluding carboxylic acids is 1. The zero-order chi connectivity index (χ0) is 32.6. The van der Waals surface area contributed by atoms with Crippen molar-refractivity contribution in [2.45, 2.75) is 58.7 Å². The maximum absolute atomic E-state index is 13.2. The highest BCUT2D eigenvalue weighted by molar-refractivity contribution is 5.97. The molecular formula is C38H41N5O3. The highest BCUT2D eigenvalue weighted by atomic mass is 16.4. The molecule has 1 aliphatic heterocycles. The van der Waals surface area contributed by atoms with Crippen LogP contribution in [0.3, 0.4) is 0 Å². The zero-order valence-corrected chi connectivity index (χ0v) is 26.7. The lowest BCUT2D eigenvalue weighted by Crippen LogP contribution is -2.48. The van der Waals surface area contributed by atoms with Gasteiger partial charge in [0.2, 0.25) is 0 Å². The standard InChI is InChI=1S/C38H41N5O3/c1-26-21-33(31-12-16-40-17-13-31)22-27(2)36(26)37(44)41-18-11-28(3)42-19-14-35(15-20-42)43(25-30-6-4-5-29(23-30)24-39)34-9-7-32(8-10-34)38(45)46/h4-10,12-13,16-17,21-23,28,35H,11,14-15,18-20,25H2,1-3H3,(H,41,44)(H,45,46). The van der Waals surface area contributed by atoms with Crippen LogP contribution in [-0.2, 0) is 6.54 Å². The Morgan fingerprint density at radius 3 is 2.30 bits per heavy atom. The molecular weight excluding hydrogens is 574 g/mol. The van der Waals surface area contributed by atoms with Crippen molar-refractivity contribution in [2.75, 3.05) is 24.5 Å². The first kappa shape index (κ1) is 32.4. The third kappa shape index (κ3) is 7.79. The molecule has 1 aliphatic rings. The van der Waals surface area contributed by atoms with E-state index < -0.39 is 5.97 Å². The number of likely N-dealkylation sites (tertiary alicyclic amines) is 1. The number of benzene rings is 3. The van der Waals surface area contributed by atoms with Crippen molar-refractivity contribution in [3.8, 4) is 17.2 Å². The van der Waals surface area contributed by atoms with Crippen LogP contribution in [0.4, 0.5) is 5.69 Å². The molecule has 236 valence electrons. The molecule has 46 heavy (non-hydrogen) atoms. The number of piperidine rings is 1. The van der Waals surface area contributed by atoms with Crippen LogP contribution in [0.25, 0.3) is 11.1 Å². The number of rotatable bonds is 11. The molecule has 2 heterocycles. The summed E-state index contributed by atoms with van der Waals surface area (Å²) >= 11 is 0. The lowest BCUT2D eigenvalue weighted by Gasteiger charge is -2.42. The van der Waals surface area contributed by atoms with Gasteiger partial charge in [0.15, 0.2) is 0 Å². The van der Waals surface area contributed by atoms with E-state index in [-0.39, 0.29) is 17.5 Å². The first-order chi connectivity index (χ1) is 22.2. The van der Waals surface area contributed by atoms with E-state index in [4.69, 9.17) is 0 Å². The second kappa shape index (κ2) is 14.9. The van der Waals surface area contributed by atoms with E-state index in [1.165, 1.54) is 0 Å². The molecule has 1 amide bonds. The Kier molecular flexibility index (Phi) is 10.5. The lowest BCUT2D eigenvalue weighted by molar-refractivity contribution is 0.0696. The van der Waals surface area contributed by atoms with E-state index in [1.54, 1.807) is 30.6 Å². The summed E-state index contributed by atoms with van der Waals surface area (Å²) in [5, 5.41) is 21.9. The minimum atomic E-state index is -0.942. The summed E-state index contributed by atoms with van der Waals surface area (Å²) in [6.07, 6.45) is 6.32. The summed E-state index contributed by atoms with van der Waals surface area (Å²) in [5.41, 5.74) is 7.73. The molecule has 8 heteroatoms. The van der Waals surface area contributed by atoms with Crippen molar-refractivity contribution in [3.63, 3.8) is 0 Å². The van der Waals surface area contributed by atoms with Crippen LogP contribution in [-0.4, -0.2) is 58.6 Å². The lowest BCUT2D eigenvalue weighted by atomic mass is 9.95. The Morgan fingerprint density at radius 2 is 1.67 bits per heavy atom. The molecule has 1 saturated heterocycles. The number of nitrogens with one attached hydrogen (secondary N) is 1. The number of nitrogens with zero attached hydrogens (tertiary/aromatic N) is 4. The summed E-state index contributed by atoms with van der Waals surface area (Å²) in [5.74, 6) is -0.977. The number of aromatic carboxylic acids is 1. The smallest absolute Gasteiger partial charge is 0.335 e. The van der Waals surface area contributed by atoms with E-state index in [0.717, 1.165) is 71.4 Å². The molecule has 2 N–H and O–H groups in total. The largest absolute Gasteiger partial charge is 0.478 e. The Bertz CT molecular complexity index is 1680. The topological polar surface area (TPSA) is 110 Å². The number of hydrogen-bond donors (Lipinski definition) is 2. The van der Waals surface area contributed by atoms with Gasteiger partial charge in [0.25, 0.3) is 5.91 Å². The van der Waals surface area contributed by atoms with Gasteiger partial charge >= 0.3 is 5.97 Å². The first-order valence-electron chi connectivity index (χ1n) is 15.9. The normalized spacial score (nSPS) is 14.3. The molecule has 3 aromatic carbocycles. The maximum Gasteiger partial charge on any atom is 0.335 e. The summed E-state index contributed by atoms with van der Waals surface area (Å²) in [7, 11) is 0. The van der Waals surface area contributed by atoms with E-state index in [9.17, 15) is 20.0 Å². The van der Waals surface area contributed by atoms with E-state index in [2.05, 4.69) is 45.2 Å². The SMILES string of the molecule is Cc1cc(-c2ccncc2)cc(C)c1C(=O)NCCC(C)N1CCC(N(Cc2cccc(C#N)c2)c2ccc(C(=O)O)cc2)CC1. The number of carboxylic acids is 1. The van der Waals surface area contributed by atoms with Gasteiger partial charge < -0.3 is 20.2 Å². The second-order valence-corrected chi connectivity index (χ2v) is 12.2. The van der Waals surface area contributed by atoms with Crippen LogP contribution >= 0.6 is 0 Å². The number of anilines is 1. The van der Waals surface area contributed by atoms with Gasteiger partial charge in [-0.05, 0) is 116 Å². The quantitative estimate of drug-likeness (QED) is 0.195. The van der Waals surface area contributed by atoms with E-state index >= 15 is 0 Å². The number of carboxylic acid groups (broad SMARTS) is 1. The van der Waals surface area contributed by atoms with Gasteiger partial charge in [0, 0.05) is 61.9 Å². The van der Waals surface area contributed by atoms with Crippen LogP contribution in [0.1, 0.15) is 69.2 Å². The predicted molar refractivity (Wildman–Crippen MR) is 181 cm³/mol. The van der Waals surface area contributed by atoms with Crippen molar-refractivity contribution >= 4 is 17.6 Å². The van der Waals surface area contributed by atoms with Gasteiger partial charge in [-0.3, -0.25) is 9.78 Å². The van der Waals surface area contributed by atoms with Gasteiger partial charge in [-0.2, -0.15) is 5.26 Å². The third-order valence-electron chi connectivity index (χ3n) is 9.04. The summed E-state index contributed by atoms with van der Waals surface area (Å²) in [6.45, 7) is 9.29. The van der Waals surface area contributed by atoms with Crippen LogP contribution in [0.5, 0.6) is 0 Å². The number of aryl methyl sites for hydroxylation is 2. The van der Waals surface area contributed by atoms with Crippen LogP contribution in [0.2, 0.25) is 0 Å². The molecule has 1 aromatic heterocycles. The predicted octanol–water partition coefficient (Wildman–Crippen LogP) is 6.61. The van der Waals surface area contributed by atoms with Gasteiger partial charge in [0.05, 0.1) is 17.2 Å². The Labute approximate surface area is 271 Å². The van der Waals surface area contributed by atoms with Crippen LogP contribution in [0.15, 0.2) is 85.2 Å². The molecule has 0 saturated carbocycles. The average molecular weight is 616 g/mol. The number of amides is 1. The van der Waals surface area contributed by atoms with Gasteiger partial charge in [-0.1, -0.05) is 24.3 Å². The van der Waals surface area contributed by atoms with E-state index in [0.29, 0.717) is 24.7 Å². The molecule has 1 unspecified atom stereocenters. The molecule has 0 bridgehead atoms. The molecule has 0 aliphatic carbocycles. The van der Waals surface area contributed by atoms with E-state index in [1.807, 2.05) is 56.3 Å². The number of aromatic nitrogens is 1. The summed E-state index contributed by atoms with van der Waals surface area (Å²) in [4.78, 5) is 33.6. The fourth-order valence-electron chi connectivity index (χ4n) is 6.50. The molecule has 0 radical (unpaired) electrons. The number of carbonyl (C=O) groups is 2. The molecule has 5 rings (SSSR count). The summed E-state index contributed by atoms with van der Waals surface area (Å²) in [6, 6.07) is 25.6. The molecule has 1 fully saturated rings. The van der Waals surface area contributed by atoms with Crippen molar-refractivity contribution in [1.82, 2.24) is 15.2 Å². The average Bonchev–Trinajstić information content (AvgIpc) is 3.07. The fourth-order valence-corrected chi connectivity index (χ4v) is 6.50. The molecule has 4 aromatic rings. The monoisotopic (exact) mass is 615 g/mol. The molecule has 8 nitrogen and oxygen atoms in total. The highest BCUT2D eigenvalue weighted by Gasteiger charge is 2.27. The number of nitriles is 1. The van der Waals surface area contributed by atoms with Crippen LogP contribution < -0.4 is 10.2 Å². The minimum Gasteiger partial charge on any atom is -0.478 e. The second-order valence-electron chi connectivity index (χ2n) is 12.2. The third-order valence-corrected chi connectivity index (χ3v) is 9.04. The molecule has 1 atom stereocenters. The fraction of sp³-hybridized carbons (Fsp3) is 0.316. The summed E-state index contributed by atoms with van der Waals surface area (Å²) < 4.78 is 0. The zero-order valence-electron chi connectivity index (χ0n) is 26.7. The van der Waals surface area contributed by atoms with Crippen molar-refractivity contribution in [2.24, 2.45) is 0 Å². The minimum absolute atomic E-state index is 0.0350. The van der Waals surface area contributed by atoms with Crippen LogP contribution in [0, 0.1) is 25.2 Å². The van der Waals surface area contributed by atoms with Gasteiger partial charge in [-0.25, -0.2) is 4.79 Å². The van der Waals surface area contributed by atoms with Gasteiger partial charge in [0.1, 0.15) is 0 Å². The number of hydrogen-bond acceptors (Lipinski definition) is 6. The first-order valence-corrected chi connectivity index (χ1v) is 15.9.